The zero-order valence-corrected chi connectivity index (χ0v) is 11.3. The van der Waals surface area contributed by atoms with Crippen molar-refractivity contribution in [1.29, 1.82) is 21.0 Å². The van der Waals surface area contributed by atoms with Crippen molar-refractivity contribution in [3.8, 4) is 24.3 Å². The Kier molecular flexibility index (Phi) is 4.22. The van der Waals surface area contributed by atoms with Gasteiger partial charge in [0, 0.05) is 0 Å². The number of hydrazine groups is 1. The van der Waals surface area contributed by atoms with Crippen LogP contribution >= 0.6 is 0 Å². The normalized spacial score (nSPS) is 8.73. The molecular formula is C16H8N6. The molecule has 0 bridgehead atoms. The molecule has 0 spiro atoms. The van der Waals surface area contributed by atoms with Crippen molar-refractivity contribution in [2.24, 2.45) is 0 Å². The Morgan fingerprint density at radius 3 is 2.05 bits per heavy atom. The van der Waals surface area contributed by atoms with Crippen LogP contribution in [0, 0.1) is 45.3 Å². The van der Waals surface area contributed by atoms with Gasteiger partial charge in [-0.25, -0.2) is 0 Å². The molecule has 102 valence electrons. The molecule has 0 radical (unpaired) electrons. The summed E-state index contributed by atoms with van der Waals surface area (Å²) in [5.41, 5.74) is 7.71. The van der Waals surface area contributed by atoms with Crippen LogP contribution < -0.4 is 10.9 Å². The van der Waals surface area contributed by atoms with E-state index >= 15 is 0 Å². The highest BCUT2D eigenvalue weighted by molar-refractivity contribution is 5.66. The van der Waals surface area contributed by atoms with Crippen LogP contribution in [0.25, 0.3) is 0 Å². The van der Waals surface area contributed by atoms with E-state index in [9.17, 15) is 0 Å². The quantitative estimate of drug-likeness (QED) is 0.836. The number of nitrogens with one attached hydrogen (secondary N) is 2. The smallest absolute Gasteiger partial charge is 0.103 e. The van der Waals surface area contributed by atoms with E-state index in [0.29, 0.717) is 11.4 Å². The van der Waals surface area contributed by atoms with Crippen LogP contribution in [-0.2, 0) is 0 Å². The van der Waals surface area contributed by atoms with Gasteiger partial charge in [-0.1, -0.05) is 6.07 Å². The van der Waals surface area contributed by atoms with E-state index in [2.05, 4.69) is 10.9 Å². The van der Waals surface area contributed by atoms with Crippen molar-refractivity contribution in [3.05, 3.63) is 58.7 Å². The van der Waals surface area contributed by atoms with E-state index in [4.69, 9.17) is 21.0 Å². The first-order valence-electron chi connectivity index (χ1n) is 6.13. The first-order chi connectivity index (χ1) is 10.7. The maximum absolute atomic E-state index is 9.13. The number of nitrogens with zero attached hydrogens (tertiary/aromatic N) is 4. The minimum atomic E-state index is 0.228. The third kappa shape index (κ3) is 2.78. The third-order valence-electron chi connectivity index (χ3n) is 2.90. The SMILES string of the molecule is N#Cc1ccc(NNc2cccc(C#N)c2C#N)cc1C#N. The number of hydrogen-bond donors (Lipinski definition) is 2. The summed E-state index contributed by atoms with van der Waals surface area (Å²) in [5.74, 6) is 0. The fourth-order valence-corrected chi connectivity index (χ4v) is 1.82. The second-order valence-electron chi connectivity index (χ2n) is 4.19. The summed E-state index contributed by atoms with van der Waals surface area (Å²) in [6.07, 6.45) is 0. The average Bonchev–Trinajstić information content (AvgIpc) is 2.58. The lowest BCUT2D eigenvalue weighted by atomic mass is 10.1. The molecular weight excluding hydrogens is 276 g/mol. The van der Waals surface area contributed by atoms with E-state index in [1.54, 1.807) is 24.3 Å². The molecule has 2 aromatic carbocycles. The molecule has 0 fully saturated rings. The van der Waals surface area contributed by atoms with Crippen molar-refractivity contribution in [2.75, 3.05) is 10.9 Å². The van der Waals surface area contributed by atoms with Crippen LogP contribution in [0.5, 0.6) is 0 Å². The minimum absolute atomic E-state index is 0.228. The van der Waals surface area contributed by atoms with Crippen LogP contribution in [-0.4, -0.2) is 0 Å². The summed E-state index contributed by atoms with van der Waals surface area (Å²) in [6, 6.07) is 17.3. The molecule has 0 aromatic heterocycles. The fourth-order valence-electron chi connectivity index (χ4n) is 1.82. The molecule has 0 aliphatic heterocycles. The molecule has 0 aliphatic carbocycles. The van der Waals surface area contributed by atoms with Crippen molar-refractivity contribution in [1.82, 2.24) is 0 Å². The molecule has 0 amide bonds. The summed E-state index contributed by atoms with van der Waals surface area (Å²) in [4.78, 5) is 0. The molecule has 2 rings (SSSR count). The van der Waals surface area contributed by atoms with Gasteiger partial charge in [-0.05, 0) is 30.3 Å². The van der Waals surface area contributed by atoms with E-state index in [1.165, 1.54) is 12.1 Å². The standard InChI is InChI=1S/C16H8N6/c17-7-11-4-5-14(6-13(11)9-19)21-22-16-3-1-2-12(8-18)15(16)10-20/h1-6,21-22H. The molecule has 6 heteroatoms. The van der Waals surface area contributed by atoms with Gasteiger partial charge in [0.15, 0.2) is 0 Å². The molecule has 6 nitrogen and oxygen atoms in total. The summed E-state index contributed by atoms with van der Waals surface area (Å²) < 4.78 is 0. The van der Waals surface area contributed by atoms with Crippen molar-refractivity contribution >= 4 is 11.4 Å². The first kappa shape index (κ1) is 14.4. The number of anilines is 2. The molecule has 0 saturated heterocycles. The monoisotopic (exact) mass is 284 g/mol. The van der Waals surface area contributed by atoms with Crippen LogP contribution in [0.2, 0.25) is 0 Å². The molecule has 0 aliphatic rings. The highest BCUT2D eigenvalue weighted by Gasteiger charge is 2.08. The van der Waals surface area contributed by atoms with Crippen LogP contribution in [0.3, 0.4) is 0 Å². The summed E-state index contributed by atoms with van der Waals surface area (Å²) in [5, 5.41) is 36.0. The molecule has 0 unspecified atom stereocenters. The Balaban J connectivity index is 2.26. The fraction of sp³-hybridized carbons (Fsp3) is 0. The maximum atomic E-state index is 9.13. The van der Waals surface area contributed by atoms with Crippen LogP contribution in [0.1, 0.15) is 22.3 Å². The third-order valence-corrected chi connectivity index (χ3v) is 2.90. The van der Waals surface area contributed by atoms with Gasteiger partial charge < -0.3 is 5.43 Å². The molecule has 22 heavy (non-hydrogen) atoms. The largest absolute Gasteiger partial charge is 0.301 e. The van der Waals surface area contributed by atoms with Gasteiger partial charge in [0.25, 0.3) is 0 Å². The summed E-state index contributed by atoms with van der Waals surface area (Å²) >= 11 is 0. The Labute approximate surface area is 127 Å². The van der Waals surface area contributed by atoms with Crippen molar-refractivity contribution in [3.63, 3.8) is 0 Å². The zero-order valence-electron chi connectivity index (χ0n) is 11.3. The van der Waals surface area contributed by atoms with Crippen molar-refractivity contribution < 1.29 is 0 Å². The van der Waals surface area contributed by atoms with Gasteiger partial charge in [0.1, 0.15) is 24.3 Å². The average molecular weight is 284 g/mol. The number of rotatable bonds is 3. The predicted molar refractivity (Wildman–Crippen MR) is 79.0 cm³/mol. The lowest BCUT2D eigenvalue weighted by Crippen LogP contribution is -2.10. The van der Waals surface area contributed by atoms with Crippen LogP contribution in [0.15, 0.2) is 36.4 Å². The lowest BCUT2D eigenvalue weighted by Gasteiger charge is -2.12. The second-order valence-corrected chi connectivity index (χ2v) is 4.19. The van der Waals surface area contributed by atoms with Gasteiger partial charge >= 0.3 is 0 Å². The highest BCUT2D eigenvalue weighted by atomic mass is 15.4. The Hall–Kier alpha value is -4.00. The maximum Gasteiger partial charge on any atom is 0.103 e. The summed E-state index contributed by atoms with van der Waals surface area (Å²) in [7, 11) is 0. The highest BCUT2D eigenvalue weighted by Crippen LogP contribution is 2.20. The van der Waals surface area contributed by atoms with E-state index < -0.39 is 0 Å². The molecule has 0 atom stereocenters. The zero-order chi connectivity index (χ0) is 15.9. The van der Waals surface area contributed by atoms with Gasteiger partial charge in [-0.2, -0.15) is 21.0 Å². The van der Waals surface area contributed by atoms with E-state index in [-0.39, 0.29) is 22.3 Å². The predicted octanol–water partition coefficient (Wildman–Crippen LogP) is 2.61. The Bertz CT molecular complexity index is 887. The van der Waals surface area contributed by atoms with Gasteiger partial charge in [-0.15, -0.1) is 0 Å². The van der Waals surface area contributed by atoms with E-state index in [1.807, 2.05) is 24.3 Å². The summed E-state index contributed by atoms with van der Waals surface area (Å²) in [6.45, 7) is 0. The topological polar surface area (TPSA) is 119 Å². The number of hydrogen-bond acceptors (Lipinski definition) is 6. The van der Waals surface area contributed by atoms with Crippen molar-refractivity contribution in [2.45, 2.75) is 0 Å². The van der Waals surface area contributed by atoms with Crippen LogP contribution in [0.4, 0.5) is 11.4 Å². The Morgan fingerprint density at radius 1 is 0.682 bits per heavy atom. The van der Waals surface area contributed by atoms with Gasteiger partial charge in [0.05, 0.1) is 33.6 Å². The Morgan fingerprint density at radius 2 is 1.41 bits per heavy atom. The number of benzene rings is 2. The molecule has 0 heterocycles. The van der Waals surface area contributed by atoms with Gasteiger partial charge in [0.2, 0.25) is 0 Å². The van der Waals surface area contributed by atoms with E-state index in [0.717, 1.165) is 0 Å². The molecule has 2 aromatic rings. The first-order valence-corrected chi connectivity index (χ1v) is 6.13. The lowest BCUT2D eigenvalue weighted by molar-refractivity contribution is 1.36. The number of nitriles is 4. The second kappa shape index (κ2) is 6.44. The minimum Gasteiger partial charge on any atom is -0.301 e. The molecule has 2 N–H and O–H groups in total. The van der Waals surface area contributed by atoms with Gasteiger partial charge in [-0.3, -0.25) is 5.43 Å². The molecule has 0 saturated carbocycles.